The lowest BCUT2D eigenvalue weighted by Gasteiger charge is -2.33. The van der Waals surface area contributed by atoms with Crippen LogP contribution in [0.1, 0.15) is 19.8 Å². The van der Waals surface area contributed by atoms with Crippen molar-refractivity contribution in [2.24, 2.45) is 11.7 Å². The summed E-state index contributed by atoms with van der Waals surface area (Å²) in [5.74, 6) is -0.464. The number of benzene rings is 1. The van der Waals surface area contributed by atoms with Crippen LogP contribution in [0.2, 0.25) is 5.02 Å². The summed E-state index contributed by atoms with van der Waals surface area (Å²) in [6, 6.07) is 3.61. The second-order valence-corrected chi connectivity index (χ2v) is 7.52. The molecule has 0 radical (unpaired) electrons. The minimum absolute atomic E-state index is 0. The lowest BCUT2D eigenvalue weighted by Crippen LogP contribution is -2.42. The SMILES string of the molecule is CC(N)C1CCN(S(=O)(=O)c2cc(Cl)ccc2F)CC1.Cl. The first-order valence-corrected chi connectivity index (χ1v) is 8.35. The smallest absolute Gasteiger partial charge is 0.246 e. The van der Waals surface area contributed by atoms with Gasteiger partial charge in [-0.3, -0.25) is 0 Å². The van der Waals surface area contributed by atoms with Gasteiger partial charge in [0.1, 0.15) is 10.7 Å². The van der Waals surface area contributed by atoms with Crippen LogP contribution in [-0.4, -0.2) is 31.9 Å². The quantitative estimate of drug-likeness (QED) is 0.905. The maximum absolute atomic E-state index is 13.7. The fraction of sp³-hybridized carbons (Fsp3) is 0.538. The number of hydrogen-bond donors (Lipinski definition) is 1. The molecule has 1 aliphatic heterocycles. The van der Waals surface area contributed by atoms with E-state index in [1.807, 2.05) is 6.92 Å². The van der Waals surface area contributed by atoms with Crippen LogP contribution in [0, 0.1) is 11.7 Å². The minimum atomic E-state index is -3.83. The predicted molar refractivity (Wildman–Crippen MR) is 83.8 cm³/mol. The maximum atomic E-state index is 13.7. The second kappa shape index (κ2) is 7.24. The zero-order valence-corrected chi connectivity index (χ0v) is 14.0. The lowest BCUT2D eigenvalue weighted by atomic mass is 9.92. The molecule has 0 aromatic heterocycles. The first kappa shape index (κ1) is 18.6. The number of hydrogen-bond acceptors (Lipinski definition) is 3. The fourth-order valence-electron chi connectivity index (χ4n) is 2.46. The van der Waals surface area contributed by atoms with E-state index in [0.717, 1.165) is 12.1 Å². The summed E-state index contributed by atoms with van der Waals surface area (Å²) in [5.41, 5.74) is 5.83. The Kier molecular flexibility index (Phi) is 6.43. The van der Waals surface area contributed by atoms with E-state index in [1.54, 1.807) is 0 Å². The Bertz CT molecular complexity index is 588. The topological polar surface area (TPSA) is 63.4 Å². The maximum Gasteiger partial charge on any atom is 0.246 e. The van der Waals surface area contributed by atoms with Crippen molar-refractivity contribution in [1.82, 2.24) is 4.31 Å². The third kappa shape index (κ3) is 4.07. The number of nitrogens with two attached hydrogens (primary N) is 1. The largest absolute Gasteiger partial charge is 0.328 e. The van der Waals surface area contributed by atoms with E-state index >= 15 is 0 Å². The van der Waals surface area contributed by atoms with E-state index < -0.39 is 15.8 Å². The molecule has 1 fully saturated rings. The van der Waals surface area contributed by atoms with Gasteiger partial charge in [0.25, 0.3) is 0 Å². The van der Waals surface area contributed by atoms with Gasteiger partial charge in [0.2, 0.25) is 10.0 Å². The molecule has 1 aromatic carbocycles. The Morgan fingerprint density at radius 2 is 1.95 bits per heavy atom. The summed E-state index contributed by atoms with van der Waals surface area (Å²) >= 11 is 5.76. The Balaban J connectivity index is 0.00000220. The van der Waals surface area contributed by atoms with Crippen molar-refractivity contribution in [2.45, 2.75) is 30.7 Å². The fourth-order valence-corrected chi connectivity index (χ4v) is 4.25. The molecule has 2 rings (SSSR count). The standard InChI is InChI=1S/C13H18ClFN2O2S.ClH/c1-9(16)10-4-6-17(7-5-10)20(18,19)13-8-11(14)2-3-12(13)15;/h2-3,8-10H,4-7,16H2,1H3;1H. The highest BCUT2D eigenvalue weighted by atomic mass is 35.5. The molecule has 1 aliphatic rings. The van der Waals surface area contributed by atoms with Gasteiger partial charge in [-0.15, -0.1) is 12.4 Å². The van der Waals surface area contributed by atoms with Gasteiger partial charge in [-0.25, -0.2) is 12.8 Å². The average Bonchev–Trinajstić information content (AvgIpc) is 2.41. The second-order valence-electron chi connectivity index (χ2n) is 5.18. The van der Waals surface area contributed by atoms with E-state index in [2.05, 4.69) is 0 Å². The molecule has 1 heterocycles. The Morgan fingerprint density at radius 3 is 2.48 bits per heavy atom. The van der Waals surface area contributed by atoms with E-state index in [9.17, 15) is 12.8 Å². The molecule has 0 saturated carbocycles. The van der Waals surface area contributed by atoms with E-state index in [4.69, 9.17) is 17.3 Å². The average molecular weight is 357 g/mol. The number of piperidine rings is 1. The van der Waals surface area contributed by atoms with Crippen molar-refractivity contribution in [1.29, 1.82) is 0 Å². The molecule has 1 unspecified atom stereocenters. The van der Waals surface area contributed by atoms with Crippen molar-refractivity contribution in [3.05, 3.63) is 29.0 Å². The highest BCUT2D eigenvalue weighted by Crippen LogP contribution is 2.27. The zero-order chi connectivity index (χ0) is 14.9. The molecule has 8 heteroatoms. The van der Waals surface area contributed by atoms with Gasteiger partial charge in [-0.1, -0.05) is 11.6 Å². The predicted octanol–water partition coefficient (Wildman–Crippen LogP) is 2.65. The molecule has 1 atom stereocenters. The summed E-state index contributed by atoms with van der Waals surface area (Å²) < 4.78 is 39.9. The molecular weight excluding hydrogens is 338 g/mol. The van der Waals surface area contributed by atoms with Gasteiger partial charge in [-0.2, -0.15) is 4.31 Å². The van der Waals surface area contributed by atoms with Crippen LogP contribution in [0.15, 0.2) is 23.1 Å². The van der Waals surface area contributed by atoms with Crippen LogP contribution >= 0.6 is 24.0 Å². The molecule has 4 nitrogen and oxygen atoms in total. The van der Waals surface area contributed by atoms with Crippen molar-refractivity contribution in [3.63, 3.8) is 0 Å². The summed E-state index contributed by atoms with van der Waals surface area (Å²) in [6.07, 6.45) is 1.39. The molecule has 0 bridgehead atoms. The van der Waals surface area contributed by atoms with Gasteiger partial charge in [0, 0.05) is 24.2 Å². The van der Waals surface area contributed by atoms with Crippen molar-refractivity contribution in [2.75, 3.05) is 13.1 Å². The van der Waals surface area contributed by atoms with Crippen molar-refractivity contribution < 1.29 is 12.8 Å². The third-order valence-electron chi connectivity index (χ3n) is 3.75. The molecule has 21 heavy (non-hydrogen) atoms. The Labute approximate surface area is 135 Å². The van der Waals surface area contributed by atoms with Crippen LogP contribution in [0.5, 0.6) is 0 Å². The van der Waals surface area contributed by atoms with Gasteiger partial charge in [0.15, 0.2) is 0 Å². The van der Waals surface area contributed by atoms with Gasteiger partial charge >= 0.3 is 0 Å². The highest BCUT2D eigenvalue weighted by molar-refractivity contribution is 7.89. The monoisotopic (exact) mass is 356 g/mol. The Morgan fingerprint density at radius 1 is 1.38 bits per heavy atom. The number of sulfonamides is 1. The highest BCUT2D eigenvalue weighted by Gasteiger charge is 2.32. The van der Waals surface area contributed by atoms with Crippen molar-refractivity contribution in [3.8, 4) is 0 Å². The lowest BCUT2D eigenvalue weighted by molar-refractivity contribution is 0.250. The number of halogens is 3. The molecule has 120 valence electrons. The normalized spacial score (nSPS) is 19.0. The summed E-state index contributed by atoms with van der Waals surface area (Å²) in [4.78, 5) is -0.357. The summed E-state index contributed by atoms with van der Waals surface area (Å²) in [7, 11) is -3.83. The van der Waals surface area contributed by atoms with Crippen LogP contribution in [0.3, 0.4) is 0 Å². The molecule has 0 spiro atoms. The van der Waals surface area contributed by atoms with Crippen LogP contribution < -0.4 is 5.73 Å². The van der Waals surface area contributed by atoms with Crippen LogP contribution in [0.25, 0.3) is 0 Å². The van der Waals surface area contributed by atoms with Crippen LogP contribution in [-0.2, 0) is 10.0 Å². The molecule has 1 saturated heterocycles. The van der Waals surface area contributed by atoms with E-state index in [-0.39, 0.29) is 28.4 Å². The van der Waals surface area contributed by atoms with E-state index in [1.165, 1.54) is 10.4 Å². The molecule has 0 amide bonds. The van der Waals surface area contributed by atoms with E-state index in [0.29, 0.717) is 31.8 Å². The first-order chi connectivity index (χ1) is 9.32. The van der Waals surface area contributed by atoms with Gasteiger partial charge in [0.05, 0.1) is 0 Å². The minimum Gasteiger partial charge on any atom is -0.328 e. The molecule has 0 aliphatic carbocycles. The Hall–Kier alpha value is -0.400. The third-order valence-corrected chi connectivity index (χ3v) is 5.90. The summed E-state index contributed by atoms with van der Waals surface area (Å²) in [6.45, 7) is 2.65. The molecule has 1 aromatic rings. The molecular formula is C13H19Cl2FN2O2S. The van der Waals surface area contributed by atoms with Gasteiger partial charge < -0.3 is 5.73 Å². The zero-order valence-electron chi connectivity index (χ0n) is 11.6. The summed E-state index contributed by atoms with van der Waals surface area (Å²) in [5, 5.41) is 0.204. The van der Waals surface area contributed by atoms with Gasteiger partial charge in [-0.05, 0) is 43.9 Å². The first-order valence-electron chi connectivity index (χ1n) is 6.53. The number of rotatable bonds is 3. The number of nitrogens with zero attached hydrogens (tertiary/aromatic N) is 1. The van der Waals surface area contributed by atoms with Crippen LogP contribution in [0.4, 0.5) is 4.39 Å². The van der Waals surface area contributed by atoms with Crippen molar-refractivity contribution >= 4 is 34.0 Å². The molecule has 2 N–H and O–H groups in total.